The molecule has 2 aromatic heterocycles. The van der Waals surface area contributed by atoms with Crippen molar-refractivity contribution in [1.29, 1.82) is 0 Å². The predicted molar refractivity (Wildman–Crippen MR) is 151 cm³/mol. The standard InChI is InChI=1S/C30H32N6O2/c37-29(6-2-1-4-23-5-3-16-31-22-23)33-25-9-7-24(8-10-25)28-15-17-32-30(35-28)34-26-11-13-27(14-12-26)36-18-20-38-21-19-36/h3,5,7-17,22H,1-2,4,6,18-21H2,(H,33,37)(H,32,34,35). The van der Waals surface area contributed by atoms with Gasteiger partial charge in [-0.15, -0.1) is 0 Å². The van der Waals surface area contributed by atoms with Crippen molar-refractivity contribution in [3.8, 4) is 11.3 Å². The molecule has 0 spiro atoms. The molecule has 4 aromatic rings. The molecule has 0 aliphatic carbocycles. The highest BCUT2D eigenvalue weighted by Crippen LogP contribution is 2.23. The molecule has 0 atom stereocenters. The molecule has 1 aliphatic heterocycles. The summed E-state index contributed by atoms with van der Waals surface area (Å²) < 4.78 is 5.44. The first kappa shape index (κ1) is 25.4. The third-order valence-electron chi connectivity index (χ3n) is 6.46. The summed E-state index contributed by atoms with van der Waals surface area (Å²) in [6, 6.07) is 21.9. The number of unbranched alkanes of at least 4 members (excludes halogenated alkanes) is 1. The molecule has 0 saturated carbocycles. The molecular weight excluding hydrogens is 476 g/mol. The van der Waals surface area contributed by atoms with E-state index in [4.69, 9.17) is 4.74 Å². The first-order valence-corrected chi connectivity index (χ1v) is 13.0. The number of aromatic nitrogens is 3. The highest BCUT2D eigenvalue weighted by atomic mass is 16.5. The maximum atomic E-state index is 12.3. The van der Waals surface area contributed by atoms with Crippen molar-refractivity contribution in [2.24, 2.45) is 0 Å². The average Bonchev–Trinajstić information content (AvgIpc) is 2.97. The number of morpholine rings is 1. The lowest BCUT2D eigenvalue weighted by atomic mass is 10.1. The zero-order valence-corrected chi connectivity index (χ0v) is 21.3. The second-order valence-electron chi connectivity index (χ2n) is 9.23. The number of hydrogen-bond donors (Lipinski definition) is 2. The lowest BCUT2D eigenvalue weighted by Gasteiger charge is -2.28. The summed E-state index contributed by atoms with van der Waals surface area (Å²) in [5, 5.41) is 6.28. The van der Waals surface area contributed by atoms with Gasteiger partial charge >= 0.3 is 0 Å². The van der Waals surface area contributed by atoms with Crippen LogP contribution in [0.15, 0.2) is 85.3 Å². The molecule has 1 fully saturated rings. The molecular formula is C30H32N6O2. The van der Waals surface area contributed by atoms with Gasteiger partial charge in [0.05, 0.1) is 18.9 Å². The number of carbonyl (C=O) groups is 1. The van der Waals surface area contributed by atoms with Gasteiger partial charge in [0.25, 0.3) is 0 Å². The number of ether oxygens (including phenoxy) is 1. The third kappa shape index (κ3) is 7.14. The first-order chi connectivity index (χ1) is 18.7. The lowest BCUT2D eigenvalue weighted by Crippen LogP contribution is -2.36. The van der Waals surface area contributed by atoms with E-state index < -0.39 is 0 Å². The van der Waals surface area contributed by atoms with Crippen molar-refractivity contribution < 1.29 is 9.53 Å². The number of nitrogens with one attached hydrogen (secondary N) is 2. The molecule has 8 heteroatoms. The lowest BCUT2D eigenvalue weighted by molar-refractivity contribution is -0.116. The van der Waals surface area contributed by atoms with Crippen LogP contribution in [0.3, 0.4) is 0 Å². The van der Waals surface area contributed by atoms with Crippen molar-refractivity contribution in [3.05, 3.63) is 90.9 Å². The molecule has 194 valence electrons. The summed E-state index contributed by atoms with van der Waals surface area (Å²) in [7, 11) is 0. The normalized spacial score (nSPS) is 13.2. The quantitative estimate of drug-likeness (QED) is 0.274. The van der Waals surface area contributed by atoms with Gasteiger partial charge in [-0.2, -0.15) is 0 Å². The van der Waals surface area contributed by atoms with E-state index in [-0.39, 0.29) is 5.91 Å². The van der Waals surface area contributed by atoms with Gasteiger partial charge in [-0.1, -0.05) is 18.2 Å². The Kier molecular flexibility index (Phi) is 8.53. The fourth-order valence-electron chi connectivity index (χ4n) is 4.39. The van der Waals surface area contributed by atoms with Crippen LogP contribution in [-0.4, -0.2) is 47.2 Å². The fourth-order valence-corrected chi connectivity index (χ4v) is 4.39. The molecule has 1 saturated heterocycles. The van der Waals surface area contributed by atoms with Crippen molar-refractivity contribution in [3.63, 3.8) is 0 Å². The van der Waals surface area contributed by atoms with Crippen LogP contribution in [0.5, 0.6) is 0 Å². The number of benzene rings is 2. The van der Waals surface area contributed by atoms with Gasteiger partial charge in [-0.3, -0.25) is 9.78 Å². The highest BCUT2D eigenvalue weighted by Gasteiger charge is 2.11. The van der Waals surface area contributed by atoms with Crippen LogP contribution >= 0.6 is 0 Å². The summed E-state index contributed by atoms with van der Waals surface area (Å²) in [6.07, 6.45) is 8.62. The summed E-state index contributed by atoms with van der Waals surface area (Å²) in [6.45, 7) is 3.35. The highest BCUT2D eigenvalue weighted by molar-refractivity contribution is 5.90. The van der Waals surface area contributed by atoms with Crippen LogP contribution in [-0.2, 0) is 16.0 Å². The number of carbonyl (C=O) groups excluding carboxylic acids is 1. The fraction of sp³-hybridized carbons (Fsp3) is 0.267. The number of rotatable bonds is 10. The van der Waals surface area contributed by atoms with Crippen molar-refractivity contribution in [2.75, 3.05) is 41.8 Å². The molecule has 2 aromatic carbocycles. The monoisotopic (exact) mass is 508 g/mol. The van der Waals surface area contributed by atoms with Crippen molar-refractivity contribution in [1.82, 2.24) is 15.0 Å². The molecule has 8 nitrogen and oxygen atoms in total. The minimum Gasteiger partial charge on any atom is -0.378 e. The van der Waals surface area contributed by atoms with Crippen LogP contribution < -0.4 is 15.5 Å². The van der Waals surface area contributed by atoms with E-state index in [2.05, 4.69) is 48.7 Å². The van der Waals surface area contributed by atoms with Crippen LogP contribution in [0.1, 0.15) is 24.8 Å². The van der Waals surface area contributed by atoms with Crippen molar-refractivity contribution >= 4 is 28.9 Å². The molecule has 3 heterocycles. The zero-order valence-electron chi connectivity index (χ0n) is 21.3. The molecule has 2 N–H and O–H groups in total. The summed E-state index contributed by atoms with van der Waals surface area (Å²) >= 11 is 0. The molecule has 0 radical (unpaired) electrons. The summed E-state index contributed by atoms with van der Waals surface area (Å²) in [5.41, 5.74) is 5.85. The molecule has 0 unspecified atom stereocenters. The van der Waals surface area contributed by atoms with Gasteiger partial charge in [0.15, 0.2) is 0 Å². The minimum atomic E-state index is 0.0251. The van der Waals surface area contributed by atoms with E-state index in [1.54, 1.807) is 12.4 Å². The molecule has 38 heavy (non-hydrogen) atoms. The van der Waals surface area contributed by atoms with Crippen LogP contribution in [0.4, 0.5) is 23.0 Å². The van der Waals surface area contributed by atoms with Crippen LogP contribution in [0.25, 0.3) is 11.3 Å². The number of amides is 1. The second kappa shape index (κ2) is 12.8. The molecule has 1 amide bonds. The van der Waals surface area contributed by atoms with Gasteiger partial charge in [-0.05, 0) is 73.4 Å². The maximum absolute atomic E-state index is 12.3. The number of aryl methyl sites for hydroxylation is 1. The molecule has 0 bridgehead atoms. The summed E-state index contributed by atoms with van der Waals surface area (Å²) in [4.78, 5) is 27.8. The molecule has 5 rings (SSSR count). The average molecular weight is 509 g/mol. The van der Waals surface area contributed by atoms with Gasteiger partial charge in [0.2, 0.25) is 11.9 Å². The smallest absolute Gasteiger partial charge is 0.227 e. The first-order valence-electron chi connectivity index (χ1n) is 13.0. The van der Waals surface area contributed by atoms with E-state index in [1.165, 1.54) is 11.3 Å². The molecule has 1 aliphatic rings. The third-order valence-corrected chi connectivity index (χ3v) is 6.46. The van der Waals surface area contributed by atoms with Crippen LogP contribution in [0.2, 0.25) is 0 Å². The van der Waals surface area contributed by atoms with Crippen molar-refractivity contribution in [2.45, 2.75) is 25.7 Å². The zero-order chi connectivity index (χ0) is 26.0. The Morgan fingerprint density at radius 1 is 0.895 bits per heavy atom. The number of hydrogen-bond acceptors (Lipinski definition) is 7. The SMILES string of the molecule is O=C(CCCCc1cccnc1)Nc1ccc(-c2ccnc(Nc3ccc(N4CCOCC4)cc3)n2)cc1. The number of anilines is 4. The Morgan fingerprint density at radius 3 is 2.45 bits per heavy atom. The van der Waals surface area contributed by atoms with E-state index in [0.717, 1.165) is 68.2 Å². The Balaban J connectivity index is 1.12. The van der Waals surface area contributed by atoms with Gasteiger partial charge in [0, 0.05) is 60.7 Å². The van der Waals surface area contributed by atoms with Gasteiger partial charge in [-0.25, -0.2) is 9.97 Å². The second-order valence-corrected chi connectivity index (χ2v) is 9.23. The van der Waals surface area contributed by atoms with Gasteiger partial charge < -0.3 is 20.3 Å². The predicted octanol–water partition coefficient (Wildman–Crippen LogP) is 5.47. The number of nitrogens with zero attached hydrogens (tertiary/aromatic N) is 4. The van der Waals surface area contributed by atoms with E-state index >= 15 is 0 Å². The topological polar surface area (TPSA) is 92.3 Å². The van der Waals surface area contributed by atoms with E-state index in [1.807, 2.05) is 54.7 Å². The Hall–Kier alpha value is -4.30. The Morgan fingerprint density at radius 2 is 1.68 bits per heavy atom. The Labute approximate surface area is 223 Å². The van der Waals surface area contributed by atoms with E-state index in [9.17, 15) is 4.79 Å². The minimum absolute atomic E-state index is 0.0251. The van der Waals surface area contributed by atoms with E-state index in [0.29, 0.717) is 12.4 Å². The maximum Gasteiger partial charge on any atom is 0.227 e. The van der Waals surface area contributed by atoms with Crippen LogP contribution in [0, 0.1) is 0 Å². The van der Waals surface area contributed by atoms with Gasteiger partial charge in [0.1, 0.15) is 0 Å². The number of pyridine rings is 1. The largest absolute Gasteiger partial charge is 0.378 e. The summed E-state index contributed by atoms with van der Waals surface area (Å²) in [5.74, 6) is 0.558. The Bertz CT molecular complexity index is 1310.